The fourth-order valence-corrected chi connectivity index (χ4v) is 3.12. The van der Waals surface area contributed by atoms with E-state index in [1.165, 1.54) is 22.4 Å². The van der Waals surface area contributed by atoms with Gasteiger partial charge in [-0.25, -0.2) is 0 Å². The van der Waals surface area contributed by atoms with Crippen molar-refractivity contribution in [2.24, 2.45) is 0 Å². The van der Waals surface area contributed by atoms with E-state index in [1.807, 2.05) is 12.1 Å². The number of hydrogen-bond acceptors (Lipinski definition) is 3. The van der Waals surface area contributed by atoms with Gasteiger partial charge in [-0.2, -0.15) is 0 Å². The van der Waals surface area contributed by atoms with E-state index < -0.39 is 0 Å². The van der Waals surface area contributed by atoms with Crippen LogP contribution in [0, 0.1) is 13.8 Å². The molecule has 1 aliphatic rings. The molecule has 1 N–H and O–H groups in total. The first-order chi connectivity index (χ1) is 10.6. The van der Waals surface area contributed by atoms with E-state index in [0.717, 1.165) is 32.7 Å². The third-order valence-electron chi connectivity index (χ3n) is 4.39. The molecule has 1 saturated heterocycles. The van der Waals surface area contributed by atoms with Crippen LogP contribution in [0.4, 0.5) is 5.69 Å². The molecule has 2 aromatic carbocycles. The normalized spacial score (nSPS) is 16.0. The average Bonchev–Trinajstić information content (AvgIpc) is 2.51. The summed E-state index contributed by atoms with van der Waals surface area (Å²) in [5.41, 5.74) is 5.23. The van der Waals surface area contributed by atoms with Crippen LogP contribution in [0.5, 0.6) is 5.75 Å². The van der Waals surface area contributed by atoms with Crippen molar-refractivity contribution in [2.45, 2.75) is 20.4 Å². The molecule has 0 aliphatic carbocycles. The van der Waals surface area contributed by atoms with Crippen molar-refractivity contribution in [1.82, 2.24) is 4.90 Å². The Bertz CT molecular complexity index is 646. The van der Waals surface area contributed by atoms with Crippen molar-refractivity contribution in [2.75, 3.05) is 31.1 Å². The van der Waals surface area contributed by atoms with Crippen LogP contribution in [-0.2, 0) is 6.54 Å². The number of phenols is 1. The fraction of sp³-hybridized carbons (Fsp3) is 0.368. The number of aromatic hydroxyl groups is 1. The molecular formula is C19H24N2O. The van der Waals surface area contributed by atoms with Gasteiger partial charge in [-0.15, -0.1) is 0 Å². The van der Waals surface area contributed by atoms with E-state index in [9.17, 15) is 5.11 Å². The van der Waals surface area contributed by atoms with Crippen LogP contribution in [-0.4, -0.2) is 36.2 Å². The Morgan fingerprint density at radius 2 is 1.73 bits per heavy atom. The summed E-state index contributed by atoms with van der Waals surface area (Å²) in [6.45, 7) is 9.49. The van der Waals surface area contributed by atoms with Gasteiger partial charge in [-0.05, 0) is 48.7 Å². The Morgan fingerprint density at radius 1 is 0.955 bits per heavy atom. The highest BCUT2D eigenvalue weighted by molar-refractivity contribution is 5.55. The van der Waals surface area contributed by atoms with Crippen molar-refractivity contribution in [3.8, 4) is 5.75 Å². The van der Waals surface area contributed by atoms with Crippen LogP contribution in [0.2, 0.25) is 0 Å². The monoisotopic (exact) mass is 296 g/mol. The van der Waals surface area contributed by atoms with E-state index in [-0.39, 0.29) is 0 Å². The number of anilines is 1. The van der Waals surface area contributed by atoms with Gasteiger partial charge in [0.1, 0.15) is 5.75 Å². The summed E-state index contributed by atoms with van der Waals surface area (Å²) in [4.78, 5) is 4.94. The molecule has 0 bridgehead atoms. The number of phenolic OH excluding ortho intramolecular Hbond substituents is 1. The molecule has 0 aromatic heterocycles. The molecular weight excluding hydrogens is 272 g/mol. The third kappa shape index (κ3) is 3.42. The molecule has 3 rings (SSSR count). The first-order valence-corrected chi connectivity index (χ1v) is 7.94. The fourth-order valence-electron chi connectivity index (χ4n) is 3.12. The number of aryl methyl sites for hydroxylation is 2. The summed E-state index contributed by atoms with van der Waals surface area (Å²) in [5, 5.41) is 9.56. The van der Waals surface area contributed by atoms with Gasteiger partial charge in [-0.3, -0.25) is 4.90 Å². The molecule has 0 unspecified atom stereocenters. The summed E-state index contributed by atoms with van der Waals surface area (Å²) in [6, 6.07) is 14.3. The second kappa shape index (κ2) is 6.41. The zero-order valence-electron chi connectivity index (χ0n) is 13.4. The molecule has 22 heavy (non-hydrogen) atoms. The quantitative estimate of drug-likeness (QED) is 0.941. The first-order valence-electron chi connectivity index (χ1n) is 7.94. The summed E-state index contributed by atoms with van der Waals surface area (Å²) < 4.78 is 0. The number of benzene rings is 2. The molecule has 1 fully saturated rings. The summed E-state index contributed by atoms with van der Waals surface area (Å²) in [5.74, 6) is 0.353. The second-order valence-corrected chi connectivity index (χ2v) is 6.22. The summed E-state index contributed by atoms with van der Waals surface area (Å²) in [6.07, 6.45) is 0. The second-order valence-electron chi connectivity index (χ2n) is 6.22. The predicted molar refractivity (Wildman–Crippen MR) is 91.5 cm³/mol. The van der Waals surface area contributed by atoms with Gasteiger partial charge in [0.05, 0.1) is 0 Å². The number of hydrogen-bond donors (Lipinski definition) is 1. The Balaban J connectivity index is 1.61. The predicted octanol–water partition coefficient (Wildman–Crippen LogP) is 3.33. The molecule has 3 nitrogen and oxygen atoms in total. The van der Waals surface area contributed by atoms with Crippen LogP contribution >= 0.6 is 0 Å². The lowest BCUT2D eigenvalue weighted by molar-refractivity contribution is 0.249. The minimum absolute atomic E-state index is 0.353. The van der Waals surface area contributed by atoms with Gasteiger partial charge in [-0.1, -0.05) is 24.3 Å². The Kier molecular flexibility index (Phi) is 4.34. The standard InChI is InChI=1S/C19H24N2O/c1-15-6-7-16(2)19(12-15)21-10-8-20(9-11-21)14-17-4-3-5-18(22)13-17/h3-7,12-13,22H,8-11,14H2,1-2H3. The Labute approximate surface area is 132 Å². The van der Waals surface area contributed by atoms with Gasteiger partial charge < -0.3 is 10.0 Å². The molecule has 0 amide bonds. The van der Waals surface area contributed by atoms with E-state index in [1.54, 1.807) is 6.07 Å². The lowest BCUT2D eigenvalue weighted by atomic mass is 10.1. The average molecular weight is 296 g/mol. The van der Waals surface area contributed by atoms with Gasteiger partial charge in [0.2, 0.25) is 0 Å². The molecule has 3 heteroatoms. The molecule has 0 spiro atoms. The van der Waals surface area contributed by atoms with Crippen LogP contribution in [0.25, 0.3) is 0 Å². The van der Waals surface area contributed by atoms with Crippen molar-refractivity contribution in [3.63, 3.8) is 0 Å². The highest BCUT2D eigenvalue weighted by atomic mass is 16.3. The van der Waals surface area contributed by atoms with Gasteiger partial charge in [0.25, 0.3) is 0 Å². The van der Waals surface area contributed by atoms with Crippen molar-refractivity contribution >= 4 is 5.69 Å². The molecule has 0 radical (unpaired) electrons. The first kappa shape index (κ1) is 14.9. The van der Waals surface area contributed by atoms with Crippen molar-refractivity contribution in [1.29, 1.82) is 0 Å². The van der Waals surface area contributed by atoms with Crippen LogP contribution in [0.3, 0.4) is 0 Å². The number of rotatable bonds is 3. The minimum atomic E-state index is 0.353. The zero-order chi connectivity index (χ0) is 15.5. The lowest BCUT2D eigenvalue weighted by Gasteiger charge is -2.37. The van der Waals surface area contributed by atoms with Gasteiger partial charge >= 0.3 is 0 Å². The molecule has 2 aromatic rings. The summed E-state index contributed by atoms with van der Waals surface area (Å²) in [7, 11) is 0. The largest absolute Gasteiger partial charge is 0.508 e. The third-order valence-corrected chi connectivity index (χ3v) is 4.39. The Hall–Kier alpha value is -2.00. The SMILES string of the molecule is Cc1ccc(C)c(N2CCN(Cc3cccc(O)c3)CC2)c1. The van der Waals surface area contributed by atoms with Crippen LogP contribution in [0.15, 0.2) is 42.5 Å². The van der Waals surface area contributed by atoms with Gasteiger partial charge in [0.15, 0.2) is 0 Å². The van der Waals surface area contributed by atoms with Crippen LogP contribution in [0.1, 0.15) is 16.7 Å². The highest BCUT2D eigenvalue weighted by Crippen LogP contribution is 2.23. The maximum atomic E-state index is 9.56. The molecule has 1 aliphatic heterocycles. The van der Waals surface area contributed by atoms with Crippen molar-refractivity contribution in [3.05, 3.63) is 59.2 Å². The van der Waals surface area contributed by atoms with E-state index in [4.69, 9.17) is 0 Å². The highest BCUT2D eigenvalue weighted by Gasteiger charge is 2.18. The van der Waals surface area contributed by atoms with Crippen LogP contribution < -0.4 is 4.90 Å². The maximum Gasteiger partial charge on any atom is 0.115 e. The smallest absolute Gasteiger partial charge is 0.115 e. The van der Waals surface area contributed by atoms with E-state index >= 15 is 0 Å². The zero-order valence-corrected chi connectivity index (χ0v) is 13.4. The molecule has 0 saturated carbocycles. The lowest BCUT2D eigenvalue weighted by Crippen LogP contribution is -2.46. The minimum Gasteiger partial charge on any atom is -0.508 e. The topological polar surface area (TPSA) is 26.7 Å². The number of piperazine rings is 1. The molecule has 116 valence electrons. The molecule has 0 atom stereocenters. The number of nitrogens with zero attached hydrogens (tertiary/aromatic N) is 2. The Morgan fingerprint density at radius 3 is 2.45 bits per heavy atom. The summed E-state index contributed by atoms with van der Waals surface area (Å²) >= 11 is 0. The van der Waals surface area contributed by atoms with Crippen molar-refractivity contribution < 1.29 is 5.11 Å². The molecule has 1 heterocycles. The van der Waals surface area contributed by atoms with Gasteiger partial charge in [0, 0.05) is 38.4 Å². The maximum absolute atomic E-state index is 9.56. The van der Waals surface area contributed by atoms with E-state index in [0.29, 0.717) is 5.75 Å². The van der Waals surface area contributed by atoms with E-state index in [2.05, 4.69) is 47.9 Å².